The highest BCUT2D eigenvalue weighted by Gasteiger charge is 2.44. The molecule has 3 rings (SSSR count). The van der Waals surface area contributed by atoms with Crippen LogP contribution in [0.5, 0.6) is 0 Å². The molecule has 3 aliphatic rings. The first-order valence-electron chi connectivity index (χ1n) is 11.3. The summed E-state index contributed by atoms with van der Waals surface area (Å²) in [5.41, 5.74) is -0.0642. The van der Waals surface area contributed by atoms with Crippen LogP contribution in [0.1, 0.15) is 79.1 Å². The molecule has 5 heteroatoms. The lowest BCUT2D eigenvalue weighted by Gasteiger charge is -2.46. The van der Waals surface area contributed by atoms with E-state index in [2.05, 4.69) is 33.0 Å². The summed E-state index contributed by atoms with van der Waals surface area (Å²) in [5.74, 6) is 1.02. The van der Waals surface area contributed by atoms with E-state index in [9.17, 15) is 9.59 Å². The van der Waals surface area contributed by atoms with Crippen LogP contribution in [0.25, 0.3) is 0 Å². The minimum Gasteiger partial charge on any atom is -0.381 e. The smallest absolute Gasteiger partial charge is 0.228 e. The molecule has 0 spiro atoms. The van der Waals surface area contributed by atoms with Gasteiger partial charge in [0, 0.05) is 43.7 Å². The molecule has 2 aliphatic carbocycles. The van der Waals surface area contributed by atoms with Gasteiger partial charge < -0.3 is 15.0 Å². The Morgan fingerprint density at radius 1 is 1.11 bits per heavy atom. The van der Waals surface area contributed by atoms with E-state index in [4.69, 9.17) is 4.74 Å². The quantitative estimate of drug-likeness (QED) is 0.775. The van der Waals surface area contributed by atoms with Crippen LogP contribution >= 0.6 is 0 Å². The maximum atomic E-state index is 13.1. The molecule has 160 valence electrons. The SMILES string of the molecule is CN(C(=O)C(C)(C)C1CCOCC1)C1CC(NC(=O)C2CCCC(C)(C)C2)C1. The summed E-state index contributed by atoms with van der Waals surface area (Å²) in [5, 5.41) is 3.26. The Hall–Kier alpha value is -1.10. The molecule has 1 saturated heterocycles. The lowest BCUT2D eigenvalue weighted by molar-refractivity contribution is -0.148. The van der Waals surface area contributed by atoms with E-state index < -0.39 is 0 Å². The molecule has 1 N–H and O–H groups in total. The van der Waals surface area contributed by atoms with Gasteiger partial charge in [-0.05, 0) is 56.3 Å². The monoisotopic (exact) mass is 392 g/mol. The van der Waals surface area contributed by atoms with Gasteiger partial charge in [0.25, 0.3) is 0 Å². The summed E-state index contributed by atoms with van der Waals surface area (Å²) < 4.78 is 5.46. The molecule has 0 bridgehead atoms. The Morgan fingerprint density at radius 2 is 1.75 bits per heavy atom. The molecule has 2 saturated carbocycles. The van der Waals surface area contributed by atoms with Crippen LogP contribution in [0, 0.1) is 22.7 Å². The molecule has 3 fully saturated rings. The molecule has 0 aromatic heterocycles. The van der Waals surface area contributed by atoms with Crippen molar-refractivity contribution in [3.05, 3.63) is 0 Å². The van der Waals surface area contributed by atoms with Gasteiger partial charge in [0.1, 0.15) is 0 Å². The van der Waals surface area contributed by atoms with E-state index in [0.29, 0.717) is 5.92 Å². The highest BCUT2D eigenvalue weighted by Crippen LogP contribution is 2.40. The van der Waals surface area contributed by atoms with Crippen molar-refractivity contribution in [2.45, 2.75) is 91.1 Å². The number of hydrogen-bond donors (Lipinski definition) is 1. The summed E-state index contributed by atoms with van der Waals surface area (Å²) in [6.45, 7) is 10.2. The first kappa shape index (κ1) is 21.6. The van der Waals surface area contributed by atoms with Gasteiger partial charge >= 0.3 is 0 Å². The highest BCUT2D eigenvalue weighted by atomic mass is 16.5. The number of nitrogens with one attached hydrogen (secondary N) is 1. The van der Waals surface area contributed by atoms with Gasteiger partial charge in [0.15, 0.2) is 0 Å². The van der Waals surface area contributed by atoms with E-state index in [-0.39, 0.29) is 40.6 Å². The summed E-state index contributed by atoms with van der Waals surface area (Å²) in [4.78, 5) is 27.8. The van der Waals surface area contributed by atoms with Crippen LogP contribution in [-0.2, 0) is 14.3 Å². The minimum absolute atomic E-state index is 0.162. The molecule has 1 unspecified atom stereocenters. The van der Waals surface area contributed by atoms with Crippen molar-refractivity contribution in [2.75, 3.05) is 20.3 Å². The average Bonchev–Trinajstić information content (AvgIpc) is 2.62. The highest BCUT2D eigenvalue weighted by molar-refractivity contribution is 5.83. The fraction of sp³-hybridized carbons (Fsp3) is 0.913. The predicted molar refractivity (Wildman–Crippen MR) is 111 cm³/mol. The summed E-state index contributed by atoms with van der Waals surface area (Å²) >= 11 is 0. The van der Waals surface area contributed by atoms with Crippen molar-refractivity contribution in [3.63, 3.8) is 0 Å². The lowest BCUT2D eigenvalue weighted by atomic mass is 9.71. The molecule has 2 amide bonds. The molecule has 5 nitrogen and oxygen atoms in total. The Labute approximate surface area is 170 Å². The van der Waals surface area contributed by atoms with Gasteiger partial charge in [-0.3, -0.25) is 9.59 Å². The van der Waals surface area contributed by atoms with Crippen molar-refractivity contribution in [1.82, 2.24) is 10.2 Å². The molecular formula is C23H40N2O3. The number of ether oxygens (including phenoxy) is 1. The number of nitrogens with zero attached hydrogens (tertiary/aromatic N) is 1. The third-order valence-corrected chi connectivity index (χ3v) is 7.70. The van der Waals surface area contributed by atoms with Crippen molar-refractivity contribution in [2.24, 2.45) is 22.7 Å². The van der Waals surface area contributed by atoms with Gasteiger partial charge in [-0.2, -0.15) is 0 Å². The number of carbonyl (C=O) groups excluding carboxylic acids is 2. The molecular weight excluding hydrogens is 352 g/mol. The van der Waals surface area contributed by atoms with Crippen LogP contribution in [0.15, 0.2) is 0 Å². The normalized spacial score (nSPS) is 31.0. The van der Waals surface area contributed by atoms with Gasteiger partial charge in [-0.1, -0.05) is 34.1 Å². The number of hydrogen-bond acceptors (Lipinski definition) is 3. The molecule has 1 heterocycles. The van der Waals surface area contributed by atoms with Gasteiger partial charge in [-0.15, -0.1) is 0 Å². The van der Waals surface area contributed by atoms with Crippen LogP contribution in [0.2, 0.25) is 0 Å². The van der Waals surface area contributed by atoms with E-state index in [0.717, 1.165) is 58.2 Å². The van der Waals surface area contributed by atoms with Crippen molar-refractivity contribution >= 4 is 11.8 Å². The van der Waals surface area contributed by atoms with E-state index >= 15 is 0 Å². The Bertz CT molecular complexity index is 574. The first-order chi connectivity index (χ1) is 13.1. The van der Waals surface area contributed by atoms with Gasteiger partial charge in [-0.25, -0.2) is 0 Å². The maximum Gasteiger partial charge on any atom is 0.228 e. The van der Waals surface area contributed by atoms with Crippen LogP contribution in [0.3, 0.4) is 0 Å². The Kier molecular flexibility index (Phi) is 6.43. The largest absolute Gasteiger partial charge is 0.381 e. The Balaban J connectivity index is 1.46. The second kappa shape index (κ2) is 8.33. The first-order valence-corrected chi connectivity index (χ1v) is 11.3. The second-order valence-corrected chi connectivity index (χ2v) is 10.8. The standard InChI is InChI=1S/C23H40N2O3/c1-22(2)10-6-7-16(15-22)20(26)24-18-13-19(14-18)25(5)21(27)23(3,4)17-8-11-28-12-9-17/h16-19H,6-15H2,1-5H3,(H,24,26). The fourth-order valence-electron chi connectivity index (χ4n) is 5.48. The number of rotatable bonds is 5. The molecule has 0 radical (unpaired) electrons. The lowest BCUT2D eigenvalue weighted by Crippen LogP contribution is -2.57. The molecule has 1 aliphatic heterocycles. The second-order valence-electron chi connectivity index (χ2n) is 10.8. The maximum absolute atomic E-state index is 13.1. The summed E-state index contributed by atoms with van der Waals surface area (Å²) in [7, 11) is 1.94. The van der Waals surface area contributed by atoms with E-state index in [1.807, 2.05) is 11.9 Å². The van der Waals surface area contributed by atoms with Crippen LogP contribution in [-0.4, -0.2) is 49.1 Å². The third-order valence-electron chi connectivity index (χ3n) is 7.70. The zero-order valence-corrected chi connectivity index (χ0v) is 18.6. The zero-order chi connectivity index (χ0) is 20.5. The average molecular weight is 393 g/mol. The van der Waals surface area contributed by atoms with Crippen molar-refractivity contribution in [3.8, 4) is 0 Å². The Morgan fingerprint density at radius 3 is 2.36 bits per heavy atom. The van der Waals surface area contributed by atoms with Gasteiger partial charge in [0.2, 0.25) is 11.8 Å². The van der Waals surface area contributed by atoms with E-state index in [1.165, 1.54) is 6.42 Å². The molecule has 28 heavy (non-hydrogen) atoms. The predicted octanol–water partition coefficient (Wildman–Crippen LogP) is 3.76. The molecule has 0 aromatic carbocycles. The molecule has 1 atom stereocenters. The fourth-order valence-corrected chi connectivity index (χ4v) is 5.48. The number of carbonyl (C=O) groups is 2. The van der Waals surface area contributed by atoms with E-state index in [1.54, 1.807) is 0 Å². The van der Waals surface area contributed by atoms with Crippen molar-refractivity contribution < 1.29 is 14.3 Å². The topological polar surface area (TPSA) is 58.6 Å². The summed E-state index contributed by atoms with van der Waals surface area (Å²) in [6.07, 6.45) is 8.08. The zero-order valence-electron chi connectivity index (χ0n) is 18.6. The number of amides is 2. The minimum atomic E-state index is -0.347. The summed E-state index contributed by atoms with van der Waals surface area (Å²) in [6, 6.07) is 0.476. The van der Waals surface area contributed by atoms with Crippen LogP contribution in [0.4, 0.5) is 0 Å². The molecule has 0 aromatic rings. The van der Waals surface area contributed by atoms with Gasteiger partial charge in [0.05, 0.1) is 0 Å². The van der Waals surface area contributed by atoms with Crippen LogP contribution < -0.4 is 5.32 Å². The van der Waals surface area contributed by atoms with Crippen molar-refractivity contribution in [1.29, 1.82) is 0 Å². The third kappa shape index (κ3) is 4.72.